The van der Waals surface area contributed by atoms with E-state index in [1.165, 1.54) is 34.2 Å². The monoisotopic (exact) mass is 467 g/mol. The van der Waals surface area contributed by atoms with E-state index in [-0.39, 0.29) is 11.5 Å². The predicted molar refractivity (Wildman–Crippen MR) is 122 cm³/mol. The molecule has 2 aromatic carbocycles. The molecule has 0 atom stereocenters. The van der Waals surface area contributed by atoms with Crippen molar-refractivity contribution in [3.8, 4) is 16.4 Å². The number of ether oxygens (including phenoxy) is 1. The molecule has 0 unspecified atom stereocenters. The van der Waals surface area contributed by atoms with Crippen LogP contribution in [0.5, 0.6) is 0 Å². The zero-order chi connectivity index (χ0) is 22.8. The lowest BCUT2D eigenvalue weighted by Crippen LogP contribution is -2.36. The second kappa shape index (κ2) is 9.08. The first kappa shape index (κ1) is 21.2. The van der Waals surface area contributed by atoms with E-state index in [0.717, 1.165) is 4.88 Å². The van der Waals surface area contributed by atoms with Gasteiger partial charge in [-0.15, -0.1) is 16.4 Å². The summed E-state index contributed by atoms with van der Waals surface area (Å²) in [5.74, 6) is -1.16. The van der Waals surface area contributed by atoms with Crippen molar-refractivity contribution in [2.75, 3.05) is 36.5 Å². The second-order valence-corrected chi connectivity index (χ2v) is 8.30. The zero-order valence-corrected chi connectivity index (χ0v) is 18.2. The molecule has 5 rings (SSSR count). The first-order valence-electron chi connectivity index (χ1n) is 10.3. The Morgan fingerprint density at radius 3 is 2.64 bits per heavy atom. The normalized spacial score (nSPS) is 13.8. The van der Waals surface area contributed by atoms with Crippen molar-refractivity contribution in [3.63, 3.8) is 0 Å². The van der Waals surface area contributed by atoms with Crippen molar-refractivity contribution in [2.24, 2.45) is 0 Å². The minimum Gasteiger partial charge on any atom is -0.378 e. The van der Waals surface area contributed by atoms with Gasteiger partial charge in [0.25, 0.3) is 5.91 Å². The summed E-state index contributed by atoms with van der Waals surface area (Å²) in [4.78, 5) is 19.9. The molecular formula is C23H19F2N5O2S. The van der Waals surface area contributed by atoms with Crippen LogP contribution in [0.3, 0.4) is 0 Å². The average Bonchev–Trinajstić information content (AvgIpc) is 3.50. The van der Waals surface area contributed by atoms with Gasteiger partial charge in [0, 0.05) is 18.8 Å². The van der Waals surface area contributed by atoms with Crippen LogP contribution >= 0.6 is 11.3 Å². The zero-order valence-electron chi connectivity index (χ0n) is 17.4. The summed E-state index contributed by atoms with van der Waals surface area (Å²) in [6.45, 7) is 2.30. The minimum atomic E-state index is -0.596. The van der Waals surface area contributed by atoms with Crippen LogP contribution in [0.1, 0.15) is 10.6 Å². The standard InChI is InChI=1S/C23H19F2N5O2S/c24-15-3-1-4-17(13-15)30-22(20-5-2-12-33-20)27-21(28-30)23(31)26-16-6-7-19(18(25)14-16)29-8-10-32-11-9-29/h1-7,12-14H,8-11H2,(H,26,31). The number of halogens is 2. The molecule has 0 radical (unpaired) electrons. The summed E-state index contributed by atoms with van der Waals surface area (Å²) in [7, 11) is 0. The van der Waals surface area contributed by atoms with Crippen molar-refractivity contribution in [2.45, 2.75) is 0 Å². The summed E-state index contributed by atoms with van der Waals surface area (Å²) in [5, 5.41) is 8.82. The van der Waals surface area contributed by atoms with Gasteiger partial charge >= 0.3 is 0 Å². The van der Waals surface area contributed by atoms with Crippen LogP contribution in [-0.4, -0.2) is 47.0 Å². The molecule has 1 amide bonds. The number of hydrogen-bond acceptors (Lipinski definition) is 6. The number of nitrogens with zero attached hydrogens (tertiary/aromatic N) is 4. The molecule has 0 saturated carbocycles. The highest BCUT2D eigenvalue weighted by Crippen LogP contribution is 2.27. The van der Waals surface area contributed by atoms with Crippen LogP contribution in [0, 0.1) is 11.6 Å². The van der Waals surface area contributed by atoms with Gasteiger partial charge in [0.1, 0.15) is 11.6 Å². The van der Waals surface area contributed by atoms with Gasteiger partial charge in [-0.1, -0.05) is 12.1 Å². The Morgan fingerprint density at radius 2 is 1.91 bits per heavy atom. The van der Waals surface area contributed by atoms with E-state index in [4.69, 9.17) is 4.74 Å². The van der Waals surface area contributed by atoms with E-state index < -0.39 is 17.5 Å². The van der Waals surface area contributed by atoms with E-state index in [0.29, 0.717) is 43.5 Å². The number of amides is 1. The third-order valence-corrected chi connectivity index (χ3v) is 6.03. The average molecular weight is 468 g/mol. The molecule has 10 heteroatoms. The van der Waals surface area contributed by atoms with Crippen LogP contribution in [0.15, 0.2) is 60.0 Å². The highest BCUT2D eigenvalue weighted by atomic mass is 32.1. The second-order valence-electron chi connectivity index (χ2n) is 7.35. The Labute approximate surface area is 192 Å². The van der Waals surface area contributed by atoms with Gasteiger partial charge in [-0.05, 0) is 47.8 Å². The Balaban J connectivity index is 1.42. The van der Waals surface area contributed by atoms with Crippen LogP contribution < -0.4 is 10.2 Å². The summed E-state index contributed by atoms with van der Waals surface area (Å²) < 4.78 is 35.2. The summed E-state index contributed by atoms with van der Waals surface area (Å²) in [6, 6.07) is 14.1. The van der Waals surface area contributed by atoms with Gasteiger partial charge in [-0.25, -0.2) is 18.4 Å². The van der Waals surface area contributed by atoms with Crippen LogP contribution in [0.4, 0.5) is 20.2 Å². The van der Waals surface area contributed by atoms with Gasteiger partial charge in [-0.3, -0.25) is 4.79 Å². The fourth-order valence-corrected chi connectivity index (χ4v) is 4.29. The maximum atomic E-state index is 14.7. The van der Waals surface area contributed by atoms with E-state index in [2.05, 4.69) is 15.4 Å². The Kier molecular flexibility index (Phi) is 5.84. The van der Waals surface area contributed by atoms with Crippen LogP contribution in [0.2, 0.25) is 0 Å². The topological polar surface area (TPSA) is 72.3 Å². The van der Waals surface area contributed by atoms with Gasteiger partial charge in [0.15, 0.2) is 5.82 Å². The Morgan fingerprint density at radius 1 is 1.06 bits per heavy atom. The molecule has 4 aromatic rings. The van der Waals surface area contributed by atoms with Gasteiger partial charge in [-0.2, -0.15) is 0 Å². The molecule has 0 bridgehead atoms. The fourth-order valence-electron chi connectivity index (χ4n) is 3.59. The van der Waals surface area contributed by atoms with Crippen LogP contribution in [0.25, 0.3) is 16.4 Å². The molecule has 1 aliphatic rings. The number of thiophene rings is 1. The van der Waals surface area contributed by atoms with Crippen molar-refractivity contribution in [1.82, 2.24) is 14.8 Å². The maximum Gasteiger partial charge on any atom is 0.295 e. The summed E-state index contributed by atoms with van der Waals surface area (Å²) in [5.41, 5.74) is 1.19. The SMILES string of the molecule is O=C(Nc1ccc(N2CCOCC2)c(F)c1)c1nc(-c2cccs2)n(-c2cccc(F)c2)n1. The maximum absolute atomic E-state index is 14.7. The molecule has 1 N–H and O–H groups in total. The molecule has 0 spiro atoms. The number of aromatic nitrogens is 3. The quantitative estimate of drug-likeness (QED) is 0.472. The Bertz CT molecular complexity index is 1290. The fraction of sp³-hybridized carbons (Fsp3) is 0.174. The first-order valence-corrected chi connectivity index (χ1v) is 11.2. The number of benzene rings is 2. The van der Waals surface area contributed by atoms with Crippen molar-refractivity contribution in [1.29, 1.82) is 0 Å². The third-order valence-electron chi connectivity index (χ3n) is 5.16. The smallest absolute Gasteiger partial charge is 0.295 e. The molecule has 1 aliphatic heterocycles. The molecule has 0 aliphatic carbocycles. The van der Waals surface area contributed by atoms with Crippen molar-refractivity contribution in [3.05, 3.63) is 77.4 Å². The van der Waals surface area contributed by atoms with Crippen molar-refractivity contribution < 1.29 is 18.3 Å². The lowest BCUT2D eigenvalue weighted by atomic mass is 10.2. The van der Waals surface area contributed by atoms with E-state index >= 15 is 0 Å². The van der Waals surface area contributed by atoms with E-state index in [1.807, 2.05) is 22.4 Å². The highest BCUT2D eigenvalue weighted by Gasteiger charge is 2.21. The molecule has 1 fully saturated rings. The molecule has 7 nitrogen and oxygen atoms in total. The molecule has 168 valence electrons. The molecular weight excluding hydrogens is 448 g/mol. The lowest BCUT2D eigenvalue weighted by molar-refractivity contribution is 0.101. The largest absolute Gasteiger partial charge is 0.378 e. The number of morpholine rings is 1. The number of rotatable bonds is 5. The first-order chi connectivity index (χ1) is 16.1. The summed E-state index contributed by atoms with van der Waals surface area (Å²) >= 11 is 1.42. The third kappa shape index (κ3) is 4.48. The van der Waals surface area contributed by atoms with E-state index in [9.17, 15) is 13.6 Å². The van der Waals surface area contributed by atoms with Crippen LogP contribution in [-0.2, 0) is 4.74 Å². The molecule has 3 heterocycles. The van der Waals surface area contributed by atoms with Gasteiger partial charge < -0.3 is 15.0 Å². The molecule has 2 aromatic heterocycles. The number of nitrogens with one attached hydrogen (secondary N) is 1. The molecule has 1 saturated heterocycles. The predicted octanol–water partition coefficient (Wildman–Crippen LogP) is 4.36. The lowest BCUT2D eigenvalue weighted by Gasteiger charge is -2.29. The molecule has 33 heavy (non-hydrogen) atoms. The Hall–Kier alpha value is -3.63. The highest BCUT2D eigenvalue weighted by molar-refractivity contribution is 7.13. The van der Waals surface area contributed by atoms with Gasteiger partial charge in [0.05, 0.1) is 29.5 Å². The number of carbonyl (C=O) groups excluding carboxylic acids is 1. The number of hydrogen-bond donors (Lipinski definition) is 1. The van der Waals surface area contributed by atoms with E-state index in [1.54, 1.807) is 24.3 Å². The minimum absolute atomic E-state index is 0.111. The van der Waals surface area contributed by atoms with Gasteiger partial charge in [0.2, 0.25) is 5.82 Å². The van der Waals surface area contributed by atoms with Crippen molar-refractivity contribution >= 4 is 28.6 Å². The number of anilines is 2. The number of carbonyl (C=O) groups is 1. The summed E-state index contributed by atoms with van der Waals surface area (Å²) in [6.07, 6.45) is 0.